The molecule has 2 amide bonds. The van der Waals surface area contributed by atoms with Gasteiger partial charge in [0.1, 0.15) is 17.7 Å². The van der Waals surface area contributed by atoms with Gasteiger partial charge in [-0.3, -0.25) is 14.6 Å². The smallest absolute Gasteiger partial charge is 0.320 e. The van der Waals surface area contributed by atoms with Crippen LogP contribution in [-0.2, 0) is 12.0 Å². The van der Waals surface area contributed by atoms with Crippen molar-refractivity contribution in [2.75, 3.05) is 43.9 Å². The largest absolute Gasteiger partial charge is 0.484 e. The first-order chi connectivity index (χ1) is 26.0. The van der Waals surface area contributed by atoms with Crippen molar-refractivity contribution in [3.05, 3.63) is 95.3 Å². The normalized spacial score (nSPS) is 20.9. The van der Waals surface area contributed by atoms with Crippen molar-refractivity contribution in [2.24, 2.45) is 0 Å². The lowest BCUT2D eigenvalue weighted by Gasteiger charge is -2.42. The van der Waals surface area contributed by atoms with Crippen LogP contribution >= 0.6 is 0 Å². The summed E-state index contributed by atoms with van der Waals surface area (Å²) in [5, 5.41) is 20.4. The molecular weight excluding hydrogens is 677 g/mol. The SMILES string of the molecule is C[C@H]1CCCCN1c1nnc2ccc(O[C@@H]3CC[C@H](NC(=O)Nc4cc(C(C)(C)C)nn4-c4cccc(CN5CC(N(C)C)C5)c4)c4ccccc43)cn12. The molecule has 2 saturated heterocycles. The van der Waals surface area contributed by atoms with E-state index in [9.17, 15) is 4.79 Å². The summed E-state index contributed by atoms with van der Waals surface area (Å²) in [5.41, 5.74) is 5.82. The van der Waals surface area contributed by atoms with E-state index in [1.807, 2.05) is 41.2 Å². The van der Waals surface area contributed by atoms with Crippen LogP contribution in [0.4, 0.5) is 16.6 Å². The second-order valence-corrected chi connectivity index (χ2v) is 16.7. The van der Waals surface area contributed by atoms with Crippen molar-refractivity contribution in [1.82, 2.24) is 39.5 Å². The number of nitrogens with zero attached hydrogens (tertiary/aromatic N) is 8. The Morgan fingerprint density at radius 2 is 1.76 bits per heavy atom. The number of likely N-dealkylation sites (N-methyl/N-ethyl adjacent to an activating group) is 1. The molecule has 0 radical (unpaired) electrons. The van der Waals surface area contributed by atoms with Gasteiger partial charge in [-0.1, -0.05) is 57.2 Å². The summed E-state index contributed by atoms with van der Waals surface area (Å²) < 4.78 is 10.6. The van der Waals surface area contributed by atoms with Gasteiger partial charge in [-0.15, -0.1) is 10.2 Å². The van der Waals surface area contributed by atoms with Crippen LogP contribution in [0, 0.1) is 0 Å². The Morgan fingerprint density at radius 3 is 2.54 bits per heavy atom. The van der Waals surface area contributed by atoms with E-state index < -0.39 is 0 Å². The third-order valence-electron chi connectivity index (χ3n) is 11.4. The number of amides is 2. The first-order valence-electron chi connectivity index (χ1n) is 19.5. The number of carbonyl (C=O) groups is 1. The molecule has 0 bridgehead atoms. The fraction of sp³-hybridized carbons (Fsp3) is 0.476. The van der Waals surface area contributed by atoms with E-state index in [-0.39, 0.29) is 23.6 Å². The third kappa shape index (κ3) is 7.41. The highest BCUT2D eigenvalue weighted by atomic mass is 16.5. The number of ether oxygens (including phenoxy) is 1. The molecule has 54 heavy (non-hydrogen) atoms. The monoisotopic (exact) mass is 730 g/mol. The molecule has 3 aliphatic rings. The molecular formula is C42H54N10O2. The second kappa shape index (κ2) is 14.7. The molecule has 0 spiro atoms. The number of carbonyl (C=O) groups excluding carboxylic acids is 1. The fourth-order valence-electron chi connectivity index (χ4n) is 8.09. The van der Waals surface area contributed by atoms with Crippen LogP contribution in [0.5, 0.6) is 5.75 Å². The number of nitrogens with one attached hydrogen (secondary N) is 2. The molecule has 12 nitrogen and oxygen atoms in total. The van der Waals surface area contributed by atoms with Crippen molar-refractivity contribution in [3.8, 4) is 11.4 Å². The number of piperidine rings is 1. The number of fused-ring (bicyclic) bond motifs is 2. The van der Waals surface area contributed by atoms with Crippen LogP contribution in [0.3, 0.4) is 0 Å². The number of urea groups is 1. The molecule has 284 valence electrons. The molecule has 2 fully saturated rings. The molecule has 3 aromatic heterocycles. The van der Waals surface area contributed by atoms with Gasteiger partial charge in [0.2, 0.25) is 5.95 Å². The maximum atomic E-state index is 13.8. The van der Waals surface area contributed by atoms with Crippen molar-refractivity contribution >= 4 is 23.4 Å². The summed E-state index contributed by atoms with van der Waals surface area (Å²) in [6.45, 7) is 12.7. The highest BCUT2D eigenvalue weighted by molar-refractivity contribution is 5.89. The Kier molecular flexibility index (Phi) is 9.82. The molecule has 5 aromatic rings. The van der Waals surface area contributed by atoms with Crippen LogP contribution in [0.25, 0.3) is 11.3 Å². The Hall–Kier alpha value is -4.94. The summed E-state index contributed by atoms with van der Waals surface area (Å²) in [7, 11) is 4.29. The van der Waals surface area contributed by atoms with E-state index in [0.717, 1.165) is 91.7 Å². The molecule has 2 aromatic carbocycles. The molecule has 0 unspecified atom stereocenters. The molecule has 8 rings (SSSR count). The van der Waals surface area contributed by atoms with Gasteiger partial charge in [0.15, 0.2) is 5.65 Å². The van der Waals surface area contributed by atoms with E-state index in [1.165, 1.54) is 12.0 Å². The lowest BCUT2D eigenvalue weighted by atomic mass is 9.85. The van der Waals surface area contributed by atoms with Gasteiger partial charge < -0.3 is 19.9 Å². The maximum absolute atomic E-state index is 13.8. The van der Waals surface area contributed by atoms with E-state index in [0.29, 0.717) is 17.9 Å². The number of hydrogen-bond donors (Lipinski definition) is 2. The Labute approximate surface area is 318 Å². The van der Waals surface area contributed by atoms with Crippen LogP contribution in [0.1, 0.15) is 94.3 Å². The minimum absolute atomic E-state index is 0.151. The molecule has 2 N–H and O–H groups in total. The minimum Gasteiger partial charge on any atom is -0.484 e. The summed E-state index contributed by atoms with van der Waals surface area (Å²) in [5.74, 6) is 2.28. The number of pyridine rings is 1. The Morgan fingerprint density at radius 1 is 0.944 bits per heavy atom. The van der Waals surface area contributed by atoms with E-state index in [4.69, 9.17) is 9.84 Å². The van der Waals surface area contributed by atoms with Crippen molar-refractivity contribution in [2.45, 2.75) is 96.0 Å². The second-order valence-electron chi connectivity index (χ2n) is 16.7. The van der Waals surface area contributed by atoms with Gasteiger partial charge in [0, 0.05) is 49.7 Å². The quantitative estimate of drug-likeness (QED) is 0.165. The standard InChI is InChI=1S/C42H54N10O2/c1-28-12-9-10-21-50(28)41-46-45-38-20-17-32(27-51(38)41)54-36-19-18-35(33-15-7-8-16-34(33)36)43-40(53)44-39-23-37(42(2,3)4)47-52(39)30-14-11-13-29(22-30)24-49-25-31(26-49)48(5)6/h7-8,11,13-17,20,22-23,27-28,31,35-36H,9-10,12,18-19,21,24-26H2,1-6H3,(H2,43,44,53)/t28-,35-,36+/m0/s1. The van der Waals surface area contributed by atoms with Gasteiger partial charge in [0.05, 0.1) is 23.6 Å². The molecule has 5 heterocycles. The molecule has 12 heteroatoms. The lowest BCUT2D eigenvalue weighted by Crippen LogP contribution is -2.56. The van der Waals surface area contributed by atoms with Crippen LogP contribution < -0.4 is 20.3 Å². The summed E-state index contributed by atoms with van der Waals surface area (Å²) in [6.07, 6.45) is 6.92. The predicted molar refractivity (Wildman–Crippen MR) is 213 cm³/mol. The first kappa shape index (κ1) is 36.1. The zero-order valence-corrected chi connectivity index (χ0v) is 32.5. The van der Waals surface area contributed by atoms with Gasteiger partial charge in [-0.25, -0.2) is 9.48 Å². The topological polar surface area (TPSA) is 108 Å². The average Bonchev–Trinajstić information content (AvgIpc) is 3.75. The number of benzene rings is 2. The Balaban J connectivity index is 0.976. The van der Waals surface area contributed by atoms with Gasteiger partial charge in [0.25, 0.3) is 0 Å². The molecule has 3 atom stereocenters. The molecule has 2 aliphatic heterocycles. The Bertz CT molecular complexity index is 2110. The average molecular weight is 731 g/mol. The van der Waals surface area contributed by atoms with Gasteiger partial charge in [-0.2, -0.15) is 5.10 Å². The van der Waals surface area contributed by atoms with E-state index in [2.05, 4.69) is 118 Å². The number of aromatic nitrogens is 5. The lowest BCUT2D eigenvalue weighted by molar-refractivity contribution is 0.0574. The summed E-state index contributed by atoms with van der Waals surface area (Å²) >= 11 is 0. The van der Waals surface area contributed by atoms with Gasteiger partial charge >= 0.3 is 6.03 Å². The maximum Gasteiger partial charge on any atom is 0.320 e. The van der Waals surface area contributed by atoms with E-state index >= 15 is 0 Å². The number of likely N-dealkylation sites (tertiary alicyclic amines) is 1. The van der Waals surface area contributed by atoms with Crippen LogP contribution in [0.15, 0.2) is 72.9 Å². The van der Waals surface area contributed by atoms with Crippen molar-refractivity contribution in [1.29, 1.82) is 0 Å². The van der Waals surface area contributed by atoms with Crippen LogP contribution in [-0.4, -0.2) is 86.0 Å². The summed E-state index contributed by atoms with van der Waals surface area (Å²) in [4.78, 5) is 20.9. The zero-order chi connectivity index (χ0) is 37.6. The highest BCUT2D eigenvalue weighted by Gasteiger charge is 2.31. The zero-order valence-electron chi connectivity index (χ0n) is 32.5. The number of hydrogen-bond acceptors (Lipinski definition) is 8. The van der Waals surface area contributed by atoms with Gasteiger partial charge in [-0.05, 0) is 94.1 Å². The summed E-state index contributed by atoms with van der Waals surface area (Å²) in [6, 6.07) is 23.3. The van der Waals surface area contributed by atoms with E-state index in [1.54, 1.807) is 0 Å². The molecule has 0 saturated carbocycles. The predicted octanol–water partition coefficient (Wildman–Crippen LogP) is 7.11. The minimum atomic E-state index is -0.264. The fourth-order valence-corrected chi connectivity index (χ4v) is 8.09. The van der Waals surface area contributed by atoms with Crippen molar-refractivity contribution < 1.29 is 9.53 Å². The number of anilines is 2. The highest BCUT2D eigenvalue weighted by Crippen LogP contribution is 2.39. The van der Waals surface area contributed by atoms with Crippen molar-refractivity contribution in [3.63, 3.8) is 0 Å². The first-order valence-corrected chi connectivity index (χ1v) is 19.5. The third-order valence-corrected chi connectivity index (χ3v) is 11.4. The molecule has 1 aliphatic carbocycles. The number of rotatable bonds is 9. The van der Waals surface area contributed by atoms with Crippen LogP contribution in [0.2, 0.25) is 0 Å².